The Balaban J connectivity index is 1.72. The summed E-state index contributed by atoms with van der Waals surface area (Å²) in [4.78, 5) is 0. The molecule has 2 heterocycles. The number of alkyl halides is 2. The van der Waals surface area contributed by atoms with Gasteiger partial charge in [-0.25, -0.2) is 8.78 Å². The fraction of sp³-hybridized carbons (Fsp3) is 0.312. The van der Waals surface area contributed by atoms with E-state index in [0.29, 0.717) is 12.2 Å². The first-order chi connectivity index (χ1) is 11.5. The van der Waals surface area contributed by atoms with Crippen molar-refractivity contribution in [3.05, 3.63) is 53.9 Å². The van der Waals surface area contributed by atoms with Crippen LogP contribution in [0, 0.1) is 0 Å². The molecule has 0 radical (unpaired) electrons. The fourth-order valence-corrected chi connectivity index (χ4v) is 2.38. The monoisotopic (exact) mass is 333 g/mol. The third-order valence-electron chi connectivity index (χ3n) is 3.72. The van der Waals surface area contributed by atoms with Crippen molar-refractivity contribution in [2.75, 3.05) is 5.32 Å². The molecule has 0 fully saturated rings. The molecule has 0 saturated heterocycles. The normalized spacial score (nSPS) is 14.0. The second-order valence-electron chi connectivity index (χ2n) is 5.54. The van der Waals surface area contributed by atoms with Crippen LogP contribution in [0.15, 0.2) is 42.5 Å². The molecule has 0 bridgehead atoms. The van der Waals surface area contributed by atoms with Crippen molar-refractivity contribution in [1.29, 1.82) is 0 Å². The van der Waals surface area contributed by atoms with Crippen LogP contribution >= 0.6 is 0 Å². The van der Waals surface area contributed by atoms with E-state index in [9.17, 15) is 13.9 Å². The van der Waals surface area contributed by atoms with E-state index >= 15 is 0 Å². The summed E-state index contributed by atoms with van der Waals surface area (Å²) in [6.07, 6.45) is -2.93. The van der Waals surface area contributed by atoms with Crippen molar-refractivity contribution >= 4 is 11.5 Å². The lowest BCUT2D eigenvalue weighted by molar-refractivity contribution is 0.137. The molecule has 2 atom stereocenters. The fourth-order valence-electron chi connectivity index (χ4n) is 2.38. The molecule has 8 heteroatoms. The van der Waals surface area contributed by atoms with Crippen LogP contribution in [-0.4, -0.2) is 37.1 Å². The Hall–Kier alpha value is -2.61. The predicted molar refractivity (Wildman–Crippen MR) is 85.0 cm³/mol. The number of nitrogens with one attached hydrogen (secondary N) is 1. The lowest BCUT2D eigenvalue weighted by atomic mass is 10.0. The predicted octanol–water partition coefficient (Wildman–Crippen LogP) is 2.47. The summed E-state index contributed by atoms with van der Waals surface area (Å²) in [5.41, 5.74) is 1.26. The van der Waals surface area contributed by atoms with Crippen molar-refractivity contribution in [1.82, 2.24) is 19.8 Å². The summed E-state index contributed by atoms with van der Waals surface area (Å²) in [5, 5.41) is 24.5. The lowest BCUT2D eigenvalue weighted by Crippen LogP contribution is -2.32. The van der Waals surface area contributed by atoms with Gasteiger partial charge in [0.15, 0.2) is 5.65 Å². The zero-order valence-electron chi connectivity index (χ0n) is 13.0. The van der Waals surface area contributed by atoms with Crippen molar-refractivity contribution < 1.29 is 13.9 Å². The van der Waals surface area contributed by atoms with Gasteiger partial charge in [-0.15, -0.1) is 15.3 Å². The minimum absolute atomic E-state index is 0.244. The number of hydrogen-bond acceptors (Lipinski definition) is 5. The number of fused-ring (bicyclic) bond motifs is 1. The number of halogens is 2. The van der Waals surface area contributed by atoms with Gasteiger partial charge in [0.05, 0.1) is 12.1 Å². The number of aliphatic hydroxyl groups excluding tert-OH is 1. The first-order valence-corrected chi connectivity index (χ1v) is 7.53. The number of nitrogens with zero attached hydrogens (tertiary/aromatic N) is 4. The topological polar surface area (TPSA) is 75.3 Å². The smallest absolute Gasteiger partial charge is 0.299 e. The quantitative estimate of drug-likeness (QED) is 0.725. The Bertz CT molecular complexity index is 809. The number of aliphatic hydroxyl groups is 1. The molecular weight excluding hydrogens is 316 g/mol. The van der Waals surface area contributed by atoms with Gasteiger partial charge in [-0.3, -0.25) is 0 Å². The number of hydrogen-bond donors (Lipinski definition) is 2. The number of rotatable bonds is 6. The van der Waals surface area contributed by atoms with Crippen molar-refractivity contribution in [3.63, 3.8) is 0 Å². The molecule has 2 aromatic heterocycles. The van der Waals surface area contributed by atoms with Crippen LogP contribution in [0.2, 0.25) is 0 Å². The summed E-state index contributed by atoms with van der Waals surface area (Å²) in [5.74, 6) is -0.144. The van der Waals surface area contributed by atoms with Gasteiger partial charge < -0.3 is 10.4 Å². The average molecular weight is 333 g/mol. The van der Waals surface area contributed by atoms with Gasteiger partial charge in [0, 0.05) is 6.42 Å². The van der Waals surface area contributed by atoms with Gasteiger partial charge in [0.1, 0.15) is 5.82 Å². The molecule has 1 aromatic carbocycles. The van der Waals surface area contributed by atoms with Gasteiger partial charge in [0.2, 0.25) is 5.82 Å². The summed E-state index contributed by atoms with van der Waals surface area (Å²) in [6, 6.07) is 12.5. The molecule has 2 unspecified atom stereocenters. The maximum absolute atomic E-state index is 12.9. The van der Waals surface area contributed by atoms with Gasteiger partial charge in [0.25, 0.3) is 6.43 Å². The molecule has 24 heavy (non-hydrogen) atoms. The summed E-state index contributed by atoms with van der Waals surface area (Å²) in [6.45, 7) is 1.81. The zero-order valence-corrected chi connectivity index (χ0v) is 13.0. The average Bonchev–Trinajstić information content (AvgIpc) is 2.99. The minimum atomic E-state index is -2.76. The van der Waals surface area contributed by atoms with Crippen LogP contribution in [0.1, 0.15) is 24.7 Å². The molecule has 0 saturated carbocycles. The van der Waals surface area contributed by atoms with E-state index < -0.39 is 18.4 Å². The Labute approximate surface area is 137 Å². The highest BCUT2D eigenvalue weighted by Crippen LogP contribution is 2.18. The van der Waals surface area contributed by atoms with Crippen LogP contribution in [0.4, 0.5) is 14.6 Å². The molecule has 0 aliphatic rings. The lowest BCUT2D eigenvalue weighted by Gasteiger charge is -2.20. The molecule has 0 amide bonds. The first kappa shape index (κ1) is 16.3. The maximum Gasteiger partial charge on any atom is 0.299 e. The van der Waals surface area contributed by atoms with Gasteiger partial charge in [-0.1, -0.05) is 30.3 Å². The maximum atomic E-state index is 12.9. The molecule has 2 N–H and O–H groups in total. The summed E-state index contributed by atoms with van der Waals surface area (Å²) in [7, 11) is 0. The van der Waals surface area contributed by atoms with E-state index in [2.05, 4.69) is 20.6 Å². The van der Waals surface area contributed by atoms with Crippen molar-refractivity contribution in [3.8, 4) is 0 Å². The van der Waals surface area contributed by atoms with Crippen LogP contribution in [0.3, 0.4) is 0 Å². The van der Waals surface area contributed by atoms with E-state index in [1.54, 1.807) is 19.1 Å². The molecule has 3 aromatic rings. The first-order valence-electron chi connectivity index (χ1n) is 7.53. The molecule has 126 valence electrons. The van der Waals surface area contributed by atoms with E-state index in [1.165, 1.54) is 0 Å². The van der Waals surface area contributed by atoms with Gasteiger partial charge in [-0.2, -0.15) is 4.52 Å². The zero-order chi connectivity index (χ0) is 17.1. The number of anilines is 1. The second-order valence-corrected chi connectivity index (χ2v) is 5.54. The summed E-state index contributed by atoms with van der Waals surface area (Å²) >= 11 is 0. The van der Waals surface area contributed by atoms with Crippen LogP contribution in [-0.2, 0) is 6.42 Å². The van der Waals surface area contributed by atoms with Crippen molar-refractivity contribution in [2.24, 2.45) is 0 Å². The highest BCUT2D eigenvalue weighted by Gasteiger charge is 2.19. The van der Waals surface area contributed by atoms with Crippen molar-refractivity contribution in [2.45, 2.75) is 31.9 Å². The van der Waals surface area contributed by atoms with E-state index in [4.69, 9.17) is 0 Å². The molecular formula is C16H17F2N5O. The second kappa shape index (κ2) is 6.88. The number of aromatic nitrogens is 4. The molecule has 0 aliphatic carbocycles. The minimum Gasteiger partial charge on any atom is -0.391 e. The Kier molecular flexibility index (Phi) is 4.66. The molecule has 3 rings (SSSR count). The SMILES string of the molecule is CC(Nc1ccc2nnc(C(F)F)n2n1)C(O)Cc1ccccc1. The largest absolute Gasteiger partial charge is 0.391 e. The highest BCUT2D eigenvalue weighted by molar-refractivity contribution is 5.44. The van der Waals surface area contributed by atoms with Crippen LogP contribution in [0.5, 0.6) is 0 Å². The standard InChI is InChI=1S/C16H17F2N5O/c1-10(12(24)9-11-5-3-2-4-6-11)19-13-7-8-14-20-21-16(15(17)18)23(14)22-13/h2-8,10,12,15,24H,9H2,1H3,(H,19,22). The Morgan fingerprint density at radius 1 is 1.12 bits per heavy atom. The molecule has 0 aliphatic heterocycles. The molecule has 6 nitrogen and oxygen atoms in total. The van der Waals surface area contributed by atoms with E-state index in [-0.39, 0.29) is 11.7 Å². The van der Waals surface area contributed by atoms with E-state index in [0.717, 1.165) is 10.1 Å². The van der Waals surface area contributed by atoms with Crippen LogP contribution in [0.25, 0.3) is 5.65 Å². The van der Waals surface area contributed by atoms with E-state index in [1.807, 2.05) is 30.3 Å². The Morgan fingerprint density at radius 2 is 1.88 bits per heavy atom. The molecule has 0 spiro atoms. The summed E-state index contributed by atoms with van der Waals surface area (Å²) < 4.78 is 26.7. The Morgan fingerprint density at radius 3 is 2.58 bits per heavy atom. The highest BCUT2D eigenvalue weighted by atomic mass is 19.3. The van der Waals surface area contributed by atoms with Crippen LogP contribution < -0.4 is 5.32 Å². The van der Waals surface area contributed by atoms with Gasteiger partial charge >= 0.3 is 0 Å². The number of benzene rings is 1. The third kappa shape index (κ3) is 3.48. The van der Waals surface area contributed by atoms with Gasteiger partial charge in [-0.05, 0) is 24.6 Å². The third-order valence-corrected chi connectivity index (χ3v) is 3.72.